The average Bonchev–Trinajstić information content (AvgIpc) is 3.69. The van der Waals surface area contributed by atoms with Crippen molar-refractivity contribution in [2.45, 2.75) is 77.7 Å². The number of amides is 1. The molecule has 0 saturated carbocycles. The number of carbonyl (C=O) groups is 1. The minimum absolute atomic E-state index is 0.115. The highest BCUT2D eigenvalue weighted by atomic mass is 35.5. The molecule has 3 aliphatic heterocycles. The second kappa shape index (κ2) is 14.0. The van der Waals surface area contributed by atoms with Crippen LogP contribution in [-0.2, 0) is 24.3 Å². The van der Waals surface area contributed by atoms with Gasteiger partial charge in [-0.05, 0) is 56.5 Å². The average molecular weight is 618 g/mol. The third-order valence-electron chi connectivity index (χ3n) is 9.87. The van der Waals surface area contributed by atoms with Crippen molar-refractivity contribution >= 4 is 23.2 Å². The standard InChI is InChI=1S/C35H48ClN7O/c1-4-31(32-9-7-16-37-32)38-29(22-40-18-20-41(21-19-40)33-10-6-5-8-25(33)2)23-43-34-15-17-42(26(3)44)24-30(34)35(39-43)27-11-13-28(36)14-12-27/h5-6,8,10-14,29,31-32,37-38H,4,7,9,15-24H2,1-3H3. The molecule has 1 aromatic heterocycles. The molecule has 0 spiro atoms. The molecule has 3 aromatic rings. The van der Waals surface area contributed by atoms with Gasteiger partial charge >= 0.3 is 0 Å². The highest BCUT2D eigenvalue weighted by Gasteiger charge is 2.31. The van der Waals surface area contributed by atoms with E-state index in [2.05, 4.69) is 63.2 Å². The maximum Gasteiger partial charge on any atom is 0.219 e. The predicted octanol–water partition coefficient (Wildman–Crippen LogP) is 4.73. The van der Waals surface area contributed by atoms with Crippen LogP contribution in [0, 0.1) is 6.92 Å². The van der Waals surface area contributed by atoms with Crippen LogP contribution in [0.2, 0.25) is 5.02 Å². The molecule has 0 aliphatic carbocycles. The number of nitrogens with one attached hydrogen (secondary N) is 2. The van der Waals surface area contributed by atoms with E-state index in [1.807, 2.05) is 29.2 Å². The van der Waals surface area contributed by atoms with E-state index in [1.54, 1.807) is 6.92 Å². The van der Waals surface area contributed by atoms with Gasteiger partial charge in [0, 0.05) is 105 Å². The van der Waals surface area contributed by atoms with E-state index >= 15 is 0 Å². The first kappa shape index (κ1) is 31.1. The van der Waals surface area contributed by atoms with Gasteiger partial charge in [-0.3, -0.25) is 14.4 Å². The molecular formula is C35H48ClN7O. The largest absolute Gasteiger partial charge is 0.369 e. The summed E-state index contributed by atoms with van der Waals surface area (Å²) in [7, 11) is 0. The lowest BCUT2D eigenvalue weighted by atomic mass is 10.0. The molecule has 1 amide bonds. The first-order valence-corrected chi connectivity index (χ1v) is 16.9. The Morgan fingerprint density at radius 3 is 2.52 bits per heavy atom. The van der Waals surface area contributed by atoms with Crippen molar-refractivity contribution in [1.29, 1.82) is 0 Å². The smallest absolute Gasteiger partial charge is 0.219 e. The van der Waals surface area contributed by atoms with Crippen molar-refractivity contribution in [3.63, 3.8) is 0 Å². The number of aromatic nitrogens is 2. The molecule has 2 fully saturated rings. The van der Waals surface area contributed by atoms with E-state index in [0.29, 0.717) is 23.7 Å². The van der Waals surface area contributed by atoms with Gasteiger partial charge in [-0.1, -0.05) is 48.9 Å². The topological polar surface area (TPSA) is 68.7 Å². The van der Waals surface area contributed by atoms with Crippen LogP contribution in [0.1, 0.15) is 49.9 Å². The third-order valence-corrected chi connectivity index (χ3v) is 10.1. The molecule has 2 aromatic carbocycles. The number of nitrogens with zero attached hydrogens (tertiary/aromatic N) is 5. The van der Waals surface area contributed by atoms with Crippen LogP contribution in [0.3, 0.4) is 0 Å². The van der Waals surface area contributed by atoms with Gasteiger partial charge in [-0.25, -0.2) is 0 Å². The van der Waals surface area contributed by atoms with Crippen LogP contribution in [0.5, 0.6) is 0 Å². The Kier molecular flexibility index (Phi) is 9.91. The number of anilines is 1. The lowest BCUT2D eigenvalue weighted by Gasteiger charge is -2.39. The minimum atomic E-state index is 0.115. The number of rotatable bonds is 10. The zero-order valence-electron chi connectivity index (χ0n) is 26.6. The van der Waals surface area contributed by atoms with E-state index in [4.69, 9.17) is 16.7 Å². The normalized spacial score (nSPS) is 20.5. The van der Waals surface area contributed by atoms with Gasteiger partial charge in [0.2, 0.25) is 5.91 Å². The Bertz CT molecular complexity index is 1410. The van der Waals surface area contributed by atoms with E-state index < -0.39 is 0 Å². The molecule has 4 heterocycles. The number of benzene rings is 2. The minimum Gasteiger partial charge on any atom is -0.369 e. The van der Waals surface area contributed by atoms with Crippen molar-refractivity contribution in [2.75, 3.05) is 50.7 Å². The molecule has 9 heteroatoms. The van der Waals surface area contributed by atoms with Crippen LogP contribution in [0.15, 0.2) is 48.5 Å². The Morgan fingerprint density at radius 1 is 1.07 bits per heavy atom. The summed E-state index contributed by atoms with van der Waals surface area (Å²) >= 11 is 6.24. The fourth-order valence-electron chi connectivity index (χ4n) is 7.40. The Balaban J connectivity index is 1.25. The maximum absolute atomic E-state index is 12.4. The van der Waals surface area contributed by atoms with Crippen LogP contribution in [-0.4, -0.2) is 89.4 Å². The second-order valence-electron chi connectivity index (χ2n) is 12.8. The number of piperazine rings is 1. The quantitative estimate of drug-likeness (QED) is 0.343. The highest BCUT2D eigenvalue weighted by molar-refractivity contribution is 6.30. The Morgan fingerprint density at radius 2 is 1.84 bits per heavy atom. The second-order valence-corrected chi connectivity index (χ2v) is 13.2. The molecular weight excluding hydrogens is 570 g/mol. The van der Waals surface area contributed by atoms with Gasteiger partial charge in [-0.2, -0.15) is 5.10 Å². The van der Waals surface area contributed by atoms with E-state index in [9.17, 15) is 4.79 Å². The molecule has 44 heavy (non-hydrogen) atoms. The third kappa shape index (κ3) is 6.99. The Hall–Kier alpha value is -2.91. The molecule has 2 N–H and O–H groups in total. The van der Waals surface area contributed by atoms with E-state index in [0.717, 1.165) is 76.5 Å². The van der Waals surface area contributed by atoms with Crippen molar-refractivity contribution in [2.24, 2.45) is 0 Å². The zero-order chi connectivity index (χ0) is 30.6. The van der Waals surface area contributed by atoms with Crippen molar-refractivity contribution in [3.05, 3.63) is 70.4 Å². The first-order valence-electron chi connectivity index (χ1n) is 16.5. The van der Waals surface area contributed by atoms with E-state index in [1.165, 1.54) is 35.3 Å². The predicted molar refractivity (Wildman–Crippen MR) is 179 cm³/mol. The lowest BCUT2D eigenvalue weighted by molar-refractivity contribution is -0.129. The highest BCUT2D eigenvalue weighted by Crippen LogP contribution is 2.31. The van der Waals surface area contributed by atoms with Crippen molar-refractivity contribution in [1.82, 2.24) is 30.2 Å². The lowest BCUT2D eigenvalue weighted by Crippen LogP contribution is -2.56. The summed E-state index contributed by atoms with van der Waals surface area (Å²) in [6.45, 7) is 14.6. The van der Waals surface area contributed by atoms with Crippen molar-refractivity contribution in [3.8, 4) is 11.3 Å². The fraction of sp³-hybridized carbons (Fsp3) is 0.543. The van der Waals surface area contributed by atoms with Gasteiger partial charge in [0.15, 0.2) is 0 Å². The molecule has 8 nitrogen and oxygen atoms in total. The molecule has 6 rings (SSSR count). The molecule has 0 bridgehead atoms. The Labute approximate surface area is 267 Å². The molecule has 0 radical (unpaired) electrons. The summed E-state index contributed by atoms with van der Waals surface area (Å²) in [5.74, 6) is 0.115. The SMILES string of the molecule is CCC(NC(CN1CCN(c2ccccc2C)CC1)Cn1nc(-c2ccc(Cl)cc2)c2c1CCN(C(C)=O)C2)C1CCCN1. The summed E-state index contributed by atoms with van der Waals surface area (Å²) in [4.78, 5) is 19.5. The van der Waals surface area contributed by atoms with Crippen LogP contribution in [0.25, 0.3) is 11.3 Å². The summed E-state index contributed by atoms with van der Waals surface area (Å²) in [5.41, 5.74) is 7.15. The van der Waals surface area contributed by atoms with Crippen LogP contribution in [0.4, 0.5) is 5.69 Å². The molecule has 2 saturated heterocycles. The zero-order valence-corrected chi connectivity index (χ0v) is 27.3. The summed E-state index contributed by atoms with van der Waals surface area (Å²) in [5, 5.41) is 13.9. The van der Waals surface area contributed by atoms with Gasteiger partial charge < -0.3 is 20.4 Å². The number of fused-ring (bicyclic) bond motifs is 1. The summed E-state index contributed by atoms with van der Waals surface area (Å²) in [6.07, 6.45) is 4.39. The van der Waals surface area contributed by atoms with E-state index in [-0.39, 0.29) is 11.9 Å². The van der Waals surface area contributed by atoms with Gasteiger partial charge in [0.25, 0.3) is 0 Å². The van der Waals surface area contributed by atoms with Gasteiger partial charge in [-0.15, -0.1) is 0 Å². The molecule has 3 unspecified atom stereocenters. The number of hydrogen-bond acceptors (Lipinski definition) is 6. The number of para-hydroxylation sites is 1. The summed E-state index contributed by atoms with van der Waals surface area (Å²) in [6, 6.07) is 17.9. The van der Waals surface area contributed by atoms with Gasteiger partial charge in [0.1, 0.15) is 0 Å². The number of halogens is 1. The molecule has 3 atom stereocenters. The van der Waals surface area contributed by atoms with Crippen LogP contribution < -0.4 is 15.5 Å². The van der Waals surface area contributed by atoms with Crippen molar-refractivity contribution < 1.29 is 4.79 Å². The maximum atomic E-state index is 12.4. The summed E-state index contributed by atoms with van der Waals surface area (Å²) < 4.78 is 2.26. The molecule has 236 valence electrons. The van der Waals surface area contributed by atoms with Gasteiger partial charge in [0.05, 0.1) is 12.2 Å². The monoisotopic (exact) mass is 617 g/mol. The number of carbonyl (C=O) groups excluding carboxylic acids is 1. The first-order chi connectivity index (χ1) is 21.4. The number of hydrogen-bond donors (Lipinski definition) is 2. The fourth-order valence-corrected chi connectivity index (χ4v) is 7.53. The van der Waals surface area contributed by atoms with Crippen LogP contribution >= 0.6 is 11.6 Å². The number of aryl methyl sites for hydroxylation is 1. The molecule has 3 aliphatic rings.